The van der Waals surface area contributed by atoms with E-state index in [1.807, 2.05) is 6.92 Å². The second kappa shape index (κ2) is 8.42. The van der Waals surface area contributed by atoms with Crippen LogP contribution in [0.5, 0.6) is 0 Å². The lowest BCUT2D eigenvalue weighted by molar-refractivity contribution is -0.387. The quantitative estimate of drug-likeness (QED) is 0.403. The van der Waals surface area contributed by atoms with Gasteiger partial charge in [0.1, 0.15) is 0 Å². The van der Waals surface area contributed by atoms with Crippen LogP contribution in [0, 0.1) is 10.1 Å². The molecule has 0 radical (unpaired) electrons. The fourth-order valence-electron chi connectivity index (χ4n) is 1.56. The third kappa shape index (κ3) is 5.70. The molecule has 118 valence electrons. The Hall–Kier alpha value is -1.03. The third-order valence-corrected chi connectivity index (χ3v) is 4.50. The molecule has 7 nitrogen and oxygen atoms in total. The van der Waals surface area contributed by atoms with Crippen molar-refractivity contribution in [2.45, 2.75) is 24.7 Å². The number of hydrogen-bond donors (Lipinski definition) is 1. The highest BCUT2D eigenvalue weighted by molar-refractivity contribution is 9.10. The summed E-state index contributed by atoms with van der Waals surface area (Å²) < 4.78 is 32.3. The number of benzene rings is 1. The summed E-state index contributed by atoms with van der Waals surface area (Å²) >= 11 is 3.11. The van der Waals surface area contributed by atoms with Crippen molar-refractivity contribution < 1.29 is 18.1 Å². The number of ether oxygens (including phenoxy) is 1. The molecule has 1 rings (SSSR count). The molecule has 0 atom stereocenters. The second-order valence-corrected chi connectivity index (χ2v) is 6.88. The van der Waals surface area contributed by atoms with Crippen LogP contribution in [-0.2, 0) is 14.8 Å². The largest absolute Gasteiger partial charge is 0.381 e. The maximum absolute atomic E-state index is 12.1. The molecule has 0 spiro atoms. The van der Waals surface area contributed by atoms with Crippen molar-refractivity contribution >= 4 is 31.6 Å². The van der Waals surface area contributed by atoms with Gasteiger partial charge in [-0.2, -0.15) is 0 Å². The monoisotopic (exact) mass is 380 g/mol. The molecule has 0 saturated carbocycles. The Morgan fingerprint density at radius 3 is 2.71 bits per heavy atom. The summed E-state index contributed by atoms with van der Waals surface area (Å²) in [5.41, 5.74) is -0.451. The molecule has 0 amide bonds. The van der Waals surface area contributed by atoms with E-state index in [0.29, 0.717) is 24.1 Å². The first-order valence-electron chi connectivity index (χ1n) is 6.40. The molecule has 0 heterocycles. The molecule has 0 aliphatic carbocycles. The van der Waals surface area contributed by atoms with E-state index >= 15 is 0 Å². The fourth-order valence-corrected chi connectivity index (χ4v) is 3.34. The SMILES string of the molecule is CCCOCCCNS(=O)(=O)c1cc(Br)ccc1[N+](=O)[O-]. The van der Waals surface area contributed by atoms with Crippen LogP contribution in [0.15, 0.2) is 27.6 Å². The van der Waals surface area contributed by atoms with Crippen LogP contribution in [0.1, 0.15) is 19.8 Å². The van der Waals surface area contributed by atoms with Crippen LogP contribution in [0.25, 0.3) is 0 Å². The van der Waals surface area contributed by atoms with Gasteiger partial charge in [-0.05, 0) is 25.0 Å². The standard InChI is InChI=1S/C12H17BrN2O5S/c1-2-7-20-8-3-6-14-21(18,19)12-9-10(13)4-5-11(12)15(16)17/h4-5,9,14H,2-3,6-8H2,1H3. The lowest BCUT2D eigenvalue weighted by atomic mass is 10.3. The van der Waals surface area contributed by atoms with Gasteiger partial charge in [0, 0.05) is 30.3 Å². The van der Waals surface area contributed by atoms with Crippen LogP contribution in [0.4, 0.5) is 5.69 Å². The molecule has 0 bridgehead atoms. The molecule has 0 aromatic heterocycles. The summed E-state index contributed by atoms with van der Waals surface area (Å²) in [4.78, 5) is 9.84. The number of rotatable bonds is 9. The Balaban J connectivity index is 2.74. The van der Waals surface area contributed by atoms with Crippen molar-refractivity contribution in [1.82, 2.24) is 4.72 Å². The van der Waals surface area contributed by atoms with Crippen molar-refractivity contribution in [3.63, 3.8) is 0 Å². The van der Waals surface area contributed by atoms with E-state index < -0.39 is 20.6 Å². The first kappa shape index (κ1) is 18.0. The highest BCUT2D eigenvalue weighted by Gasteiger charge is 2.25. The Bertz CT molecular complexity index is 591. The van der Waals surface area contributed by atoms with Gasteiger partial charge in [0.05, 0.1) is 4.92 Å². The zero-order valence-electron chi connectivity index (χ0n) is 11.5. The highest BCUT2D eigenvalue weighted by atomic mass is 79.9. The molecule has 0 unspecified atom stereocenters. The lowest BCUT2D eigenvalue weighted by Crippen LogP contribution is -2.26. The molecule has 0 saturated heterocycles. The topological polar surface area (TPSA) is 98.5 Å². The summed E-state index contributed by atoms with van der Waals surface area (Å²) in [5.74, 6) is 0. The molecule has 0 aliphatic rings. The van der Waals surface area contributed by atoms with Crippen molar-refractivity contribution in [2.24, 2.45) is 0 Å². The average Bonchev–Trinajstić information content (AvgIpc) is 2.42. The van der Waals surface area contributed by atoms with E-state index in [-0.39, 0.29) is 11.4 Å². The maximum atomic E-state index is 12.1. The lowest BCUT2D eigenvalue weighted by Gasteiger charge is -2.08. The van der Waals surface area contributed by atoms with Crippen LogP contribution >= 0.6 is 15.9 Å². The van der Waals surface area contributed by atoms with Crippen molar-refractivity contribution in [1.29, 1.82) is 0 Å². The van der Waals surface area contributed by atoms with Gasteiger partial charge in [0.2, 0.25) is 10.0 Å². The number of halogens is 1. The number of sulfonamides is 1. The number of nitrogens with zero attached hydrogens (tertiary/aromatic N) is 1. The highest BCUT2D eigenvalue weighted by Crippen LogP contribution is 2.26. The average molecular weight is 381 g/mol. The summed E-state index contributed by atoms with van der Waals surface area (Å²) in [6.07, 6.45) is 1.40. The Morgan fingerprint density at radius 2 is 2.10 bits per heavy atom. The summed E-state index contributed by atoms with van der Waals surface area (Å²) in [6, 6.07) is 3.80. The van der Waals surface area contributed by atoms with E-state index in [0.717, 1.165) is 12.5 Å². The van der Waals surface area contributed by atoms with Gasteiger partial charge in [0.15, 0.2) is 4.90 Å². The smallest absolute Gasteiger partial charge is 0.289 e. The predicted molar refractivity (Wildman–Crippen MR) is 81.7 cm³/mol. The minimum absolute atomic E-state index is 0.162. The number of hydrogen-bond acceptors (Lipinski definition) is 5. The van der Waals surface area contributed by atoms with E-state index in [2.05, 4.69) is 20.7 Å². The molecule has 0 fully saturated rings. The van der Waals surface area contributed by atoms with Gasteiger partial charge in [-0.3, -0.25) is 10.1 Å². The number of nitro benzene ring substituents is 1. The van der Waals surface area contributed by atoms with Gasteiger partial charge in [-0.25, -0.2) is 13.1 Å². The number of nitrogens with one attached hydrogen (secondary N) is 1. The Kier molecular flexibility index (Phi) is 7.23. The minimum atomic E-state index is -3.93. The summed E-state index contributed by atoms with van der Waals surface area (Å²) in [5, 5.41) is 10.9. The normalized spacial score (nSPS) is 11.5. The van der Waals surface area contributed by atoms with Crippen LogP contribution in [-0.4, -0.2) is 33.1 Å². The second-order valence-electron chi connectivity index (χ2n) is 4.23. The molecule has 1 N–H and O–H groups in total. The van der Waals surface area contributed by atoms with Crippen LogP contribution in [0.3, 0.4) is 0 Å². The van der Waals surface area contributed by atoms with Gasteiger partial charge in [-0.15, -0.1) is 0 Å². The van der Waals surface area contributed by atoms with Gasteiger partial charge >= 0.3 is 0 Å². The van der Waals surface area contributed by atoms with E-state index in [1.54, 1.807) is 0 Å². The van der Waals surface area contributed by atoms with Crippen LogP contribution < -0.4 is 4.72 Å². The van der Waals surface area contributed by atoms with Crippen molar-refractivity contribution in [3.8, 4) is 0 Å². The van der Waals surface area contributed by atoms with E-state index in [4.69, 9.17) is 4.74 Å². The molecule has 0 aliphatic heterocycles. The van der Waals surface area contributed by atoms with Gasteiger partial charge < -0.3 is 4.74 Å². The van der Waals surface area contributed by atoms with E-state index in [1.165, 1.54) is 12.1 Å². The first-order valence-corrected chi connectivity index (χ1v) is 8.67. The maximum Gasteiger partial charge on any atom is 0.289 e. The minimum Gasteiger partial charge on any atom is -0.381 e. The Labute approximate surface area is 132 Å². The zero-order chi connectivity index (χ0) is 15.9. The molecule has 1 aromatic rings. The van der Waals surface area contributed by atoms with Gasteiger partial charge in [0.25, 0.3) is 5.69 Å². The Morgan fingerprint density at radius 1 is 1.38 bits per heavy atom. The molecule has 9 heteroatoms. The fraction of sp³-hybridized carbons (Fsp3) is 0.500. The van der Waals surface area contributed by atoms with Crippen molar-refractivity contribution in [3.05, 3.63) is 32.8 Å². The number of nitro groups is 1. The van der Waals surface area contributed by atoms with Crippen LogP contribution in [0.2, 0.25) is 0 Å². The molecule has 21 heavy (non-hydrogen) atoms. The zero-order valence-corrected chi connectivity index (χ0v) is 13.9. The predicted octanol–water partition coefficient (Wildman–Crippen LogP) is 2.45. The molecular formula is C12H17BrN2O5S. The van der Waals surface area contributed by atoms with E-state index in [9.17, 15) is 18.5 Å². The molecular weight excluding hydrogens is 364 g/mol. The molecule has 1 aromatic carbocycles. The first-order chi connectivity index (χ1) is 9.88. The van der Waals surface area contributed by atoms with Gasteiger partial charge in [-0.1, -0.05) is 22.9 Å². The third-order valence-electron chi connectivity index (χ3n) is 2.51. The summed E-state index contributed by atoms with van der Waals surface area (Å²) in [7, 11) is -3.93. The summed E-state index contributed by atoms with van der Waals surface area (Å²) in [6.45, 7) is 3.21. The van der Waals surface area contributed by atoms with Crippen molar-refractivity contribution in [2.75, 3.05) is 19.8 Å².